The molecule has 1 N–H and O–H groups in total. The van der Waals surface area contributed by atoms with Crippen LogP contribution in [0.2, 0.25) is 0 Å². The SMILES string of the molecule is Cc1noc(C)c1CC(=O)N(CC(C)C)CC(O)c1ccc(F)cc1. The second-order valence-electron chi connectivity index (χ2n) is 6.74. The minimum atomic E-state index is -0.868. The predicted octanol–water partition coefficient (Wildman–Crippen LogP) is 3.19. The molecule has 25 heavy (non-hydrogen) atoms. The maximum Gasteiger partial charge on any atom is 0.227 e. The van der Waals surface area contributed by atoms with Crippen LogP contribution < -0.4 is 0 Å². The van der Waals surface area contributed by atoms with Gasteiger partial charge >= 0.3 is 0 Å². The number of aromatic nitrogens is 1. The zero-order chi connectivity index (χ0) is 18.6. The summed E-state index contributed by atoms with van der Waals surface area (Å²) in [5, 5.41) is 14.3. The van der Waals surface area contributed by atoms with Gasteiger partial charge in [-0.1, -0.05) is 31.1 Å². The van der Waals surface area contributed by atoms with Crippen LogP contribution in [0.5, 0.6) is 0 Å². The summed E-state index contributed by atoms with van der Waals surface area (Å²) in [7, 11) is 0. The number of amides is 1. The normalized spacial score (nSPS) is 12.4. The zero-order valence-electron chi connectivity index (χ0n) is 15.1. The molecule has 1 aromatic heterocycles. The molecule has 2 aromatic rings. The second-order valence-corrected chi connectivity index (χ2v) is 6.74. The molecule has 1 heterocycles. The average Bonchev–Trinajstić information content (AvgIpc) is 2.86. The van der Waals surface area contributed by atoms with Crippen LogP contribution in [0, 0.1) is 25.6 Å². The van der Waals surface area contributed by atoms with Gasteiger partial charge in [0.1, 0.15) is 11.6 Å². The van der Waals surface area contributed by atoms with Crippen molar-refractivity contribution in [2.45, 2.75) is 40.2 Å². The smallest absolute Gasteiger partial charge is 0.227 e. The molecule has 0 aliphatic heterocycles. The Morgan fingerprint density at radius 3 is 2.40 bits per heavy atom. The monoisotopic (exact) mass is 348 g/mol. The van der Waals surface area contributed by atoms with Gasteiger partial charge in [0.25, 0.3) is 0 Å². The van der Waals surface area contributed by atoms with E-state index in [0.717, 1.165) is 5.56 Å². The molecule has 6 heteroatoms. The Morgan fingerprint density at radius 1 is 1.24 bits per heavy atom. The van der Waals surface area contributed by atoms with E-state index in [-0.39, 0.29) is 30.6 Å². The third-order valence-electron chi connectivity index (χ3n) is 4.10. The zero-order valence-corrected chi connectivity index (χ0v) is 15.1. The number of carbonyl (C=O) groups excluding carboxylic acids is 1. The van der Waals surface area contributed by atoms with Crippen LogP contribution in [0.4, 0.5) is 4.39 Å². The predicted molar refractivity (Wildman–Crippen MR) is 92.5 cm³/mol. The fourth-order valence-electron chi connectivity index (χ4n) is 2.74. The highest BCUT2D eigenvalue weighted by Gasteiger charge is 2.22. The third kappa shape index (κ3) is 5.13. The first kappa shape index (κ1) is 19.1. The third-order valence-corrected chi connectivity index (χ3v) is 4.10. The van der Waals surface area contributed by atoms with Crippen molar-refractivity contribution in [1.82, 2.24) is 10.1 Å². The molecule has 1 unspecified atom stereocenters. The first-order chi connectivity index (χ1) is 11.8. The molecule has 0 fully saturated rings. The largest absolute Gasteiger partial charge is 0.387 e. The molecule has 1 aromatic carbocycles. The van der Waals surface area contributed by atoms with Crippen LogP contribution in [0.15, 0.2) is 28.8 Å². The summed E-state index contributed by atoms with van der Waals surface area (Å²) in [6.07, 6.45) is -0.683. The van der Waals surface area contributed by atoms with E-state index in [9.17, 15) is 14.3 Å². The van der Waals surface area contributed by atoms with Crippen LogP contribution in [0.25, 0.3) is 0 Å². The number of aliphatic hydroxyl groups is 1. The minimum absolute atomic E-state index is 0.0933. The number of hydrogen-bond donors (Lipinski definition) is 1. The van der Waals surface area contributed by atoms with Gasteiger partial charge in [0.2, 0.25) is 5.91 Å². The lowest BCUT2D eigenvalue weighted by molar-refractivity contribution is -0.132. The number of rotatable bonds is 7. The molecule has 0 spiro atoms. The van der Waals surface area contributed by atoms with Crippen molar-refractivity contribution in [1.29, 1.82) is 0 Å². The molecule has 0 bridgehead atoms. The number of aryl methyl sites for hydroxylation is 2. The maximum absolute atomic E-state index is 13.0. The molecule has 136 valence electrons. The van der Waals surface area contributed by atoms with E-state index in [1.54, 1.807) is 18.7 Å². The van der Waals surface area contributed by atoms with Crippen LogP contribution >= 0.6 is 0 Å². The Balaban J connectivity index is 2.12. The molecule has 2 rings (SSSR count). The standard InChI is InChI=1S/C19H25FN2O3/c1-12(2)10-22(11-18(23)15-5-7-16(20)8-6-15)19(24)9-17-13(3)21-25-14(17)4/h5-8,12,18,23H,9-11H2,1-4H3. The molecule has 0 radical (unpaired) electrons. The van der Waals surface area contributed by atoms with Gasteiger partial charge in [0, 0.05) is 12.1 Å². The summed E-state index contributed by atoms with van der Waals surface area (Å²) in [4.78, 5) is 14.4. The van der Waals surface area contributed by atoms with Crippen LogP contribution in [-0.4, -0.2) is 34.2 Å². The number of hydrogen-bond acceptors (Lipinski definition) is 4. The van der Waals surface area contributed by atoms with Gasteiger partial charge < -0.3 is 14.5 Å². The fourth-order valence-corrected chi connectivity index (χ4v) is 2.74. The molecule has 0 aliphatic rings. The molecule has 1 amide bonds. The Labute approximate surface area is 147 Å². The molecule has 0 saturated carbocycles. The topological polar surface area (TPSA) is 66.6 Å². The fraction of sp³-hybridized carbons (Fsp3) is 0.474. The number of halogens is 1. The summed E-state index contributed by atoms with van der Waals surface area (Å²) in [6.45, 7) is 8.30. The van der Waals surface area contributed by atoms with E-state index >= 15 is 0 Å². The summed E-state index contributed by atoms with van der Waals surface area (Å²) in [5.41, 5.74) is 2.07. The lowest BCUT2D eigenvalue weighted by Crippen LogP contribution is -2.38. The number of nitrogens with zero attached hydrogens (tertiary/aromatic N) is 2. The molecular formula is C19H25FN2O3. The van der Waals surface area contributed by atoms with Crippen molar-refractivity contribution in [2.75, 3.05) is 13.1 Å². The maximum atomic E-state index is 13.0. The Hall–Kier alpha value is -2.21. The first-order valence-corrected chi connectivity index (χ1v) is 8.41. The summed E-state index contributed by atoms with van der Waals surface area (Å²) in [6, 6.07) is 5.67. The molecule has 1 atom stereocenters. The number of aliphatic hydroxyl groups excluding tert-OH is 1. The summed E-state index contributed by atoms with van der Waals surface area (Å²) >= 11 is 0. The van der Waals surface area contributed by atoms with Crippen LogP contribution in [-0.2, 0) is 11.2 Å². The molecule has 5 nitrogen and oxygen atoms in total. The molecule has 0 aliphatic carbocycles. The van der Waals surface area contributed by atoms with E-state index in [1.165, 1.54) is 24.3 Å². The van der Waals surface area contributed by atoms with Gasteiger partial charge in [-0.25, -0.2) is 4.39 Å². The van der Waals surface area contributed by atoms with Crippen molar-refractivity contribution >= 4 is 5.91 Å². The van der Waals surface area contributed by atoms with Gasteiger partial charge in [-0.15, -0.1) is 0 Å². The van der Waals surface area contributed by atoms with E-state index < -0.39 is 6.10 Å². The summed E-state index contributed by atoms with van der Waals surface area (Å²) < 4.78 is 18.2. The first-order valence-electron chi connectivity index (χ1n) is 8.41. The quantitative estimate of drug-likeness (QED) is 0.834. The lowest BCUT2D eigenvalue weighted by atomic mass is 10.1. The van der Waals surface area contributed by atoms with E-state index in [0.29, 0.717) is 23.6 Å². The van der Waals surface area contributed by atoms with E-state index in [1.807, 2.05) is 13.8 Å². The molecule has 0 saturated heterocycles. The van der Waals surface area contributed by atoms with E-state index in [4.69, 9.17) is 4.52 Å². The second kappa shape index (κ2) is 8.25. The van der Waals surface area contributed by atoms with Gasteiger partial charge in [-0.3, -0.25) is 4.79 Å². The highest BCUT2D eigenvalue weighted by Crippen LogP contribution is 2.18. The van der Waals surface area contributed by atoms with Gasteiger partial charge in [0.05, 0.1) is 24.8 Å². The van der Waals surface area contributed by atoms with Crippen LogP contribution in [0.1, 0.15) is 42.5 Å². The van der Waals surface area contributed by atoms with Crippen molar-refractivity contribution in [3.63, 3.8) is 0 Å². The minimum Gasteiger partial charge on any atom is -0.387 e. The summed E-state index contributed by atoms with van der Waals surface area (Å²) in [5.74, 6) is 0.442. The highest BCUT2D eigenvalue weighted by atomic mass is 19.1. The Bertz CT molecular complexity index is 690. The Morgan fingerprint density at radius 2 is 1.88 bits per heavy atom. The highest BCUT2D eigenvalue weighted by molar-refractivity contribution is 5.79. The van der Waals surface area contributed by atoms with E-state index in [2.05, 4.69) is 5.16 Å². The average molecular weight is 348 g/mol. The number of benzene rings is 1. The Kier molecular flexibility index (Phi) is 6.31. The lowest BCUT2D eigenvalue weighted by Gasteiger charge is -2.27. The number of carbonyl (C=O) groups is 1. The van der Waals surface area contributed by atoms with Gasteiger partial charge in [-0.05, 0) is 37.5 Å². The van der Waals surface area contributed by atoms with Crippen molar-refractivity contribution < 1.29 is 18.8 Å². The van der Waals surface area contributed by atoms with Crippen LogP contribution in [0.3, 0.4) is 0 Å². The van der Waals surface area contributed by atoms with Crippen molar-refractivity contribution in [2.24, 2.45) is 5.92 Å². The van der Waals surface area contributed by atoms with Gasteiger partial charge in [-0.2, -0.15) is 0 Å². The van der Waals surface area contributed by atoms with Gasteiger partial charge in [0.15, 0.2) is 0 Å². The molecular weight excluding hydrogens is 323 g/mol. The van der Waals surface area contributed by atoms with Crippen molar-refractivity contribution in [3.8, 4) is 0 Å². The van der Waals surface area contributed by atoms with Crippen molar-refractivity contribution in [3.05, 3.63) is 52.7 Å².